The minimum absolute atomic E-state index is 0.0590. The molecule has 0 saturated carbocycles. The van der Waals surface area contributed by atoms with Gasteiger partial charge in [-0.3, -0.25) is 4.79 Å². The number of hydrogen-bond donors (Lipinski definition) is 2. The second kappa shape index (κ2) is 5.41. The highest BCUT2D eigenvalue weighted by molar-refractivity contribution is 8.00. The van der Waals surface area contributed by atoms with Crippen molar-refractivity contribution in [2.75, 3.05) is 18.8 Å². The van der Waals surface area contributed by atoms with E-state index in [4.69, 9.17) is 0 Å². The minimum atomic E-state index is 0.0590. The van der Waals surface area contributed by atoms with Crippen molar-refractivity contribution in [3.8, 4) is 0 Å². The van der Waals surface area contributed by atoms with Crippen LogP contribution in [0.5, 0.6) is 0 Å². The van der Waals surface area contributed by atoms with Gasteiger partial charge in [0.05, 0.1) is 6.04 Å². The fourth-order valence-corrected chi connectivity index (χ4v) is 3.69. The van der Waals surface area contributed by atoms with Gasteiger partial charge < -0.3 is 10.6 Å². The molecule has 2 fully saturated rings. The first kappa shape index (κ1) is 12.2. The van der Waals surface area contributed by atoms with E-state index in [2.05, 4.69) is 17.6 Å². The first-order chi connectivity index (χ1) is 7.70. The number of hydrogen-bond acceptors (Lipinski definition) is 3. The highest BCUT2D eigenvalue weighted by atomic mass is 32.2. The Morgan fingerprint density at radius 1 is 1.50 bits per heavy atom. The van der Waals surface area contributed by atoms with Crippen molar-refractivity contribution in [1.29, 1.82) is 0 Å². The Bertz CT molecular complexity index is 245. The first-order valence-electron chi connectivity index (χ1n) is 6.35. The van der Waals surface area contributed by atoms with Gasteiger partial charge >= 0.3 is 0 Å². The quantitative estimate of drug-likeness (QED) is 0.788. The summed E-state index contributed by atoms with van der Waals surface area (Å²) in [6, 6.07) is 0.0590. The summed E-state index contributed by atoms with van der Waals surface area (Å²) in [5, 5.41) is 6.40. The fraction of sp³-hybridized carbons (Fsp3) is 0.917. The zero-order chi connectivity index (χ0) is 11.4. The Morgan fingerprint density at radius 3 is 3.00 bits per heavy atom. The molecule has 4 heteroatoms. The lowest BCUT2D eigenvalue weighted by Gasteiger charge is -2.27. The molecule has 16 heavy (non-hydrogen) atoms. The molecule has 2 heterocycles. The highest BCUT2D eigenvalue weighted by Crippen LogP contribution is 2.36. The van der Waals surface area contributed by atoms with Gasteiger partial charge in [0.25, 0.3) is 0 Å². The normalized spacial score (nSPS) is 34.9. The molecule has 2 aliphatic rings. The van der Waals surface area contributed by atoms with Crippen molar-refractivity contribution >= 4 is 17.7 Å². The van der Waals surface area contributed by atoms with Gasteiger partial charge in [0.2, 0.25) is 5.91 Å². The van der Waals surface area contributed by atoms with Crippen molar-refractivity contribution in [2.24, 2.45) is 0 Å². The molecule has 2 N–H and O–H groups in total. The molecule has 1 amide bonds. The summed E-state index contributed by atoms with van der Waals surface area (Å²) in [5.41, 5.74) is 0. The van der Waals surface area contributed by atoms with Crippen molar-refractivity contribution in [2.45, 2.75) is 49.8 Å². The summed E-state index contributed by atoms with van der Waals surface area (Å²) in [6.45, 7) is 4.08. The topological polar surface area (TPSA) is 41.1 Å². The van der Waals surface area contributed by atoms with Gasteiger partial charge in [0.1, 0.15) is 0 Å². The van der Waals surface area contributed by atoms with Crippen LogP contribution in [0.2, 0.25) is 0 Å². The lowest BCUT2D eigenvalue weighted by Crippen LogP contribution is -2.49. The number of piperidine rings is 1. The predicted octanol–water partition coefficient (Wildman–Crippen LogP) is 1.53. The Balaban J connectivity index is 1.74. The van der Waals surface area contributed by atoms with E-state index >= 15 is 0 Å². The van der Waals surface area contributed by atoms with Crippen molar-refractivity contribution < 1.29 is 4.79 Å². The van der Waals surface area contributed by atoms with E-state index in [1.807, 2.05) is 11.8 Å². The van der Waals surface area contributed by atoms with Gasteiger partial charge in [-0.1, -0.05) is 6.42 Å². The lowest BCUT2D eigenvalue weighted by atomic mass is 10.0. The third-order valence-corrected chi connectivity index (χ3v) is 5.10. The molecular weight excluding hydrogens is 220 g/mol. The van der Waals surface area contributed by atoms with Gasteiger partial charge in [-0.05, 0) is 44.9 Å². The molecule has 0 aromatic carbocycles. The largest absolute Gasteiger partial charge is 0.353 e. The van der Waals surface area contributed by atoms with Crippen LogP contribution in [0, 0.1) is 0 Å². The maximum atomic E-state index is 11.9. The molecule has 0 bridgehead atoms. The summed E-state index contributed by atoms with van der Waals surface area (Å²) in [4.78, 5) is 11.9. The molecule has 92 valence electrons. The Kier molecular flexibility index (Phi) is 4.14. The highest BCUT2D eigenvalue weighted by Gasteiger charge is 2.30. The van der Waals surface area contributed by atoms with Gasteiger partial charge in [0.15, 0.2) is 0 Å². The predicted molar refractivity (Wildman–Crippen MR) is 68.7 cm³/mol. The van der Waals surface area contributed by atoms with Crippen LogP contribution in [-0.4, -0.2) is 35.5 Å². The fourth-order valence-electron chi connectivity index (χ4n) is 2.45. The average molecular weight is 242 g/mol. The van der Waals surface area contributed by atoms with E-state index in [1.165, 1.54) is 31.4 Å². The van der Waals surface area contributed by atoms with Gasteiger partial charge in [-0.25, -0.2) is 0 Å². The monoisotopic (exact) mass is 242 g/mol. The molecule has 2 rings (SSSR count). The standard InChI is InChI=1S/C12H22N2OS/c1-12(6-4-8-16-12)9-14-11(15)10-5-2-3-7-13-10/h10,13H,2-9H2,1H3,(H,14,15). The second-order valence-electron chi connectivity index (χ2n) is 5.12. The van der Waals surface area contributed by atoms with Crippen LogP contribution < -0.4 is 10.6 Å². The molecule has 0 aromatic heterocycles. The van der Waals surface area contributed by atoms with E-state index < -0.39 is 0 Å². The number of rotatable bonds is 3. The van der Waals surface area contributed by atoms with E-state index in [1.54, 1.807) is 0 Å². The third-order valence-electron chi connectivity index (χ3n) is 3.56. The maximum absolute atomic E-state index is 11.9. The molecule has 2 unspecified atom stereocenters. The minimum Gasteiger partial charge on any atom is -0.353 e. The maximum Gasteiger partial charge on any atom is 0.237 e. The Morgan fingerprint density at radius 2 is 2.38 bits per heavy atom. The molecule has 2 atom stereocenters. The zero-order valence-electron chi connectivity index (χ0n) is 10.1. The number of nitrogens with one attached hydrogen (secondary N) is 2. The van der Waals surface area contributed by atoms with E-state index in [0.717, 1.165) is 19.5 Å². The Hall–Kier alpha value is -0.220. The van der Waals surface area contributed by atoms with E-state index in [0.29, 0.717) is 0 Å². The number of thioether (sulfide) groups is 1. The van der Waals surface area contributed by atoms with Gasteiger partial charge in [-0.15, -0.1) is 0 Å². The number of carbonyl (C=O) groups is 1. The van der Waals surface area contributed by atoms with Crippen molar-refractivity contribution in [3.05, 3.63) is 0 Å². The van der Waals surface area contributed by atoms with Crippen LogP contribution in [0.15, 0.2) is 0 Å². The van der Waals surface area contributed by atoms with Crippen LogP contribution in [0.25, 0.3) is 0 Å². The van der Waals surface area contributed by atoms with Crippen molar-refractivity contribution in [3.63, 3.8) is 0 Å². The molecule has 0 radical (unpaired) electrons. The van der Waals surface area contributed by atoms with Crippen LogP contribution in [0.4, 0.5) is 0 Å². The molecule has 2 aliphatic heterocycles. The molecule has 2 saturated heterocycles. The average Bonchev–Trinajstić information content (AvgIpc) is 2.75. The smallest absolute Gasteiger partial charge is 0.237 e. The van der Waals surface area contributed by atoms with Gasteiger partial charge in [0, 0.05) is 11.3 Å². The summed E-state index contributed by atoms with van der Waals surface area (Å²) in [5.74, 6) is 1.45. The second-order valence-corrected chi connectivity index (χ2v) is 6.80. The third kappa shape index (κ3) is 3.14. The van der Waals surface area contributed by atoms with Crippen LogP contribution in [0.3, 0.4) is 0 Å². The van der Waals surface area contributed by atoms with Crippen molar-refractivity contribution in [1.82, 2.24) is 10.6 Å². The first-order valence-corrected chi connectivity index (χ1v) is 7.33. The number of amides is 1. The molecule has 3 nitrogen and oxygen atoms in total. The van der Waals surface area contributed by atoms with Gasteiger partial charge in [-0.2, -0.15) is 11.8 Å². The Labute approximate surface area is 102 Å². The summed E-state index contributed by atoms with van der Waals surface area (Å²) in [7, 11) is 0. The van der Waals surface area contributed by atoms with E-state index in [-0.39, 0.29) is 16.7 Å². The SMILES string of the molecule is CC1(CNC(=O)C2CCCCN2)CCCS1. The van der Waals surface area contributed by atoms with Crippen LogP contribution in [0.1, 0.15) is 39.0 Å². The zero-order valence-corrected chi connectivity index (χ0v) is 10.9. The number of carbonyl (C=O) groups excluding carboxylic acids is 1. The molecule has 0 aromatic rings. The molecule has 0 aliphatic carbocycles. The summed E-state index contributed by atoms with van der Waals surface area (Å²) in [6.07, 6.45) is 5.90. The van der Waals surface area contributed by atoms with E-state index in [9.17, 15) is 4.79 Å². The summed E-state index contributed by atoms with van der Waals surface area (Å²) >= 11 is 2.00. The lowest BCUT2D eigenvalue weighted by molar-refractivity contribution is -0.123. The molecule has 0 spiro atoms. The summed E-state index contributed by atoms with van der Waals surface area (Å²) < 4.78 is 0.282. The molecular formula is C12H22N2OS. The van der Waals surface area contributed by atoms with Crippen LogP contribution in [-0.2, 0) is 4.79 Å². The van der Waals surface area contributed by atoms with Crippen LogP contribution >= 0.6 is 11.8 Å².